The molecule has 30 heavy (non-hydrogen) atoms. The molecule has 0 saturated carbocycles. The largest absolute Gasteiger partial charge is 0.304 e. The van der Waals surface area contributed by atoms with Gasteiger partial charge in [-0.3, -0.25) is 4.90 Å². The van der Waals surface area contributed by atoms with Crippen LogP contribution in [-0.4, -0.2) is 43.5 Å². The molecule has 0 bridgehead atoms. The van der Waals surface area contributed by atoms with Gasteiger partial charge < -0.3 is 4.57 Å². The Morgan fingerprint density at radius 1 is 1.30 bits per heavy atom. The quantitative estimate of drug-likeness (QED) is 0.332. The fourth-order valence-electron chi connectivity index (χ4n) is 4.23. The zero-order valence-electron chi connectivity index (χ0n) is 17.8. The second-order valence-electron chi connectivity index (χ2n) is 7.77. The van der Waals surface area contributed by atoms with Crippen LogP contribution in [0.3, 0.4) is 0 Å². The molecule has 0 saturated heterocycles. The summed E-state index contributed by atoms with van der Waals surface area (Å²) in [6.07, 6.45) is 4.31. The number of thiazole rings is 1. The predicted octanol–water partition coefficient (Wildman–Crippen LogP) is 5.27. The van der Waals surface area contributed by atoms with E-state index in [0.29, 0.717) is 6.04 Å². The Balaban J connectivity index is 1.35. The predicted molar refractivity (Wildman–Crippen MR) is 122 cm³/mol. The summed E-state index contributed by atoms with van der Waals surface area (Å²) in [4.78, 5) is 7.93. The number of hydrogen-bond donors (Lipinski definition) is 0. The van der Waals surface area contributed by atoms with Gasteiger partial charge in [0.15, 0.2) is 11.0 Å². The maximum absolute atomic E-state index is 13.8. The van der Waals surface area contributed by atoms with E-state index in [1.54, 1.807) is 35.2 Å². The van der Waals surface area contributed by atoms with E-state index in [4.69, 9.17) is 0 Å². The molecule has 1 unspecified atom stereocenters. The van der Waals surface area contributed by atoms with Crippen molar-refractivity contribution in [2.45, 2.75) is 50.7 Å². The van der Waals surface area contributed by atoms with Gasteiger partial charge >= 0.3 is 0 Å². The van der Waals surface area contributed by atoms with Gasteiger partial charge in [-0.15, -0.1) is 21.5 Å². The number of rotatable bonds is 9. The molecule has 0 radical (unpaired) electrons. The van der Waals surface area contributed by atoms with Crippen molar-refractivity contribution in [3.05, 3.63) is 46.3 Å². The minimum absolute atomic E-state index is 0.123. The molecule has 160 valence electrons. The molecule has 0 fully saturated rings. The Hall–Kier alpha value is -1.77. The summed E-state index contributed by atoms with van der Waals surface area (Å²) in [6, 6.07) is 5.63. The van der Waals surface area contributed by atoms with Crippen molar-refractivity contribution in [3.63, 3.8) is 0 Å². The molecular weight excluding hydrogens is 417 g/mol. The molecule has 2 aromatic heterocycles. The third-order valence-corrected chi connectivity index (χ3v) is 7.74. The number of benzene rings is 1. The molecule has 0 aliphatic heterocycles. The van der Waals surface area contributed by atoms with Crippen LogP contribution in [0, 0.1) is 12.7 Å². The first-order valence-electron chi connectivity index (χ1n) is 10.5. The first kappa shape index (κ1) is 21.5. The fraction of sp³-hybridized carbons (Fsp3) is 0.500. The van der Waals surface area contributed by atoms with Crippen molar-refractivity contribution in [2.24, 2.45) is 7.05 Å². The number of aryl methyl sites for hydroxylation is 2. The number of nitrogens with zero attached hydrogens (tertiary/aromatic N) is 5. The minimum atomic E-state index is -0.123. The molecule has 0 amide bonds. The molecule has 0 spiro atoms. The SMILES string of the molecule is CCCN(CCCSc1nnc(-c2scnc2C)n1C)C1CCc2ccc(F)cc21. The lowest BCUT2D eigenvalue weighted by molar-refractivity contribution is 0.197. The van der Waals surface area contributed by atoms with Crippen LogP contribution in [0.4, 0.5) is 4.39 Å². The number of aromatic nitrogens is 4. The van der Waals surface area contributed by atoms with Gasteiger partial charge in [-0.25, -0.2) is 9.37 Å². The Morgan fingerprint density at radius 3 is 2.93 bits per heavy atom. The van der Waals surface area contributed by atoms with Gasteiger partial charge in [0, 0.05) is 18.8 Å². The fourth-order valence-corrected chi connectivity index (χ4v) is 5.88. The van der Waals surface area contributed by atoms with Gasteiger partial charge in [-0.2, -0.15) is 0 Å². The molecule has 1 aromatic carbocycles. The molecular formula is C22H28FN5S2. The summed E-state index contributed by atoms with van der Waals surface area (Å²) in [7, 11) is 2.02. The van der Waals surface area contributed by atoms with E-state index in [0.717, 1.165) is 66.1 Å². The number of halogens is 1. The third-order valence-electron chi connectivity index (χ3n) is 5.71. The Morgan fingerprint density at radius 2 is 2.17 bits per heavy atom. The van der Waals surface area contributed by atoms with Crippen LogP contribution in [0.1, 0.15) is 49.0 Å². The van der Waals surface area contributed by atoms with E-state index in [1.165, 1.54) is 11.1 Å². The topological polar surface area (TPSA) is 46.8 Å². The Labute approximate surface area is 185 Å². The molecule has 4 rings (SSSR count). The third kappa shape index (κ3) is 4.45. The van der Waals surface area contributed by atoms with Crippen LogP contribution in [0.15, 0.2) is 28.9 Å². The van der Waals surface area contributed by atoms with E-state index in [2.05, 4.69) is 31.6 Å². The first-order chi connectivity index (χ1) is 14.6. The second-order valence-corrected chi connectivity index (χ2v) is 9.68. The van der Waals surface area contributed by atoms with Crippen molar-refractivity contribution in [1.29, 1.82) is 0 Å². The molecule has 8 heteroatoms. The van der Waals surface area contributed by atoms with Crippen LogP contribution in [0.5, 0.6) is 0 Å². The van der Waals surface area contributed by atoms with E-state index >= 15 is 0 Å². The van der Waals surface area contributed by atoms with Gasteiger partial charge in [0.25, 0.3) is 0 Å². The average molecular weight is 446 g/mol. The van der Waals surface area contributed by atoms with E-state index in [1.807, 2.05) is 25.5 Å². The summed E-state index contributed by atoms with van der Waals surface area (Å²) in [5.41, 5.74) is 5.34. The number of thioether (sulfide) groups is 1. The van der Waals surface area contributed by atoms with Gasteiger partial charge in [-0.05, 0) is 69.0 Å². The van der Waals surface area contributed by atoms with E-state index in [-0.39, 0.29) is 5.82 Å². The smallest absolute Gasteiger partial charge is 0.191 e. The van der Waals surface area contributed by atoms with Crippen LogP contribution in [0.2, 0.25) is 0 Å². The van der Waals surface area contributed by atoms with E-state index in [9.17, 15) is 4.39 Å². The Bertz CT molecular complexity index is 999. The van der Waals surface area contributed by atoms with Crippen molar-refractivity contribution in [3.8, 4) is 10.7 Å². The van der Waals surface area contributed by atoms with Crippen LogP contribution >= 0.6 is 23.1 Å². The lowest BCUT2D eigenvalue weighted by atomic mass is 10.1. The van der Waals surface area contributed by atoms with E-state index < -0.39 is 0 Å². The molecule has 5 nitrogen and oxygen atoms in total. The molecule has 1 aliphatic rings. The molecule has 1 aliphatic carbocycles. The maximum atomic E-state index is 13.8. The first-order valence-corrected chi connectivity index (χ1v) is 12.4. The van der Waals surface area contributed by atoms with Gasteiger partial charge in [0.05, 0.1) is 16.1 Å². The number of fused-ring (bicyclic) bond motifs is 1. The summed E-state index contributed by atoms with van der Waals surface area (Å²) >= 11 is 3.35. The molecule has 0 N–H and O–H groups in total. The molecule has 2 heterocycles. The van der Waals surface area contributed by atoms with Crippen molar-refractivity contribution in [1.82, 2.24) is 24.6 Å². The molecule has 3 aromatic rings. The zero-order chi connectivity index (χ0) is 21.1. The lowest BCUT2D eigenvalue weighted by Crippen LogP contribution is -2.29. The zero-order valence-corrected chi connectivity index (χ0v) is 19.4. The second kappa shape index (κ2) is 9.58. The van der Waals surface area contributed by atoms with Crippen molar-refractivity contribution >= 4 is 23.1 Å². The maximum Gasteiger partial charge on any atom is 0.191 e. The highest BCUT2D eigenvalue weighted by Gasteiger charge is 2.27. The monoisotopic (exact) mass is 445 g/mol. The number of hydrogen-bond acceptors (Lipinski definition) is 6. The highest BCUT2D eigenvalue weighted by molar-refractivity contribution is 7.99. The van der Waals surface area contributed by atoms with Crippen molar-refractivity contribution in [2.75, 3.05) is 18.8 Å². The van der Waals surface area contributed by atoms with Gasteiger partial charge in [0.1, 0.15) is 5.82 Å². The Kier molecular flexibility index (Phi) is 6.85. The molecule has 1 atom stereocenters. The normalized spacial score (nSPS) is 15.8. The lowest BCUT2D eigenvalue weighted by Gasteiger charge is -2.29. The minimum Gasteiger partial charge on any atom is -0.304 e. The van der Waals surface area contributed by atoms with Gasteiger partial charge in [-0.1, -0.05) is 24.8 Å². The van der Waals surface area contributed by atoms with Crippen molar-refractivity contribution < 1.29 is 4.39 Å². The summed E-state index contributed by atoms with van der Waals surface area (Å²) in [5.74, 6) is 1.74. The van der Waals surface area contributed by atoms with Gasteiger partial charge in [0.2, 0.25) is 0 Å². The summed E-state index contributed by atoms with van der Waals surface area (Å²) in [6.45, 7) is 6.28. The summed E-state index contributed by atoms with van der Waals surface area (Å²) < 4.78 is 15.9. The van der Waals surface area contributed by atoms with Crippen LogP contribution in [-0.2, 0) is 13.5 Å². The summed E-state index contributed by atoms with van der Waals surface area (Å²) in [5, 5.41) is 9.70. The standard InChI is InChI=1S/C22H28FN5S2/c1-4-10-28(19-9-7-16-6-8-17(23)13-18(16)19)11-5-12-29-22-26-25-21(27(22)3)20-15(2)24-14-30-20/h6,8,13-14,19H,4-5,7,9-12H2,1-3H3. The average Bonchev–Trinajstić information content (AvgIpc) is 3.43. The van der Waals surface area contributed by atoms with Crippen LogP contribution in [0.25, 0.3) is 10.7 Å². The highest BCUT2D eigenvalue weighted by Crippen LogP contribution is 2.36. The highest BCUT2D eigenvalue weighted by atomic mass is 32.2. The van der Waals surface area contributed by atoms with Crippen LogP contribution < -0.4 is 0 Å².